The monoisotopic (exact) mass is 466 g/mol. The van der Waals surface area contributed by atoms with Gasteiger partial charge in [-0.15, -0.1) is 0 Å². The third-order valence-electron chi connectivity index (χ3n) is 6.16. The van der Waals surface area contributed by atoms with Crippen molar-refractivity contribution < 1.29 is 22.7 Å². The van der Waals surface area contributed by atoms with Crippen LogP contribution in [0.5, 0.6) is 0 Å². The molecule has 4 nitrogen and oxygen atoms in total. The van der Waals surface area contributed by atoms with Gasteiger partial charge < -0.3 is 10.1 Å². The van der Waals surface area contributed by atoms with Gasteiger partial charge in [0.25, 0.3) is 0 Å². The SMILES string of the molecule is CC1(C)OCC(=O)NC(C)(c2cc(N=C(c3ccccc3)c3ccccc3)ccc2F)C1(F)F. The smallest absolute Gasteiger partial charge is 0.302 e. The highest BCUT2D eigenvalue weighted by Crippen LogP contribution is 2.48. The van der Waals surface area contributed by atoms with Gasteiger partial charge in [0.05, 0.1) is 11.4 Å². The molecule has 0 aliphatic carbocycles. The maximum absolute atomic E-state index is 15.7. The third kappa shape index (κ3) is 4.12. The zero-order chi connectivity index (χ0) is 24.6. The van der Waals surface area contributed by atoms with Crippen molar-refractivity contribution in [1.82, 2.24) is 5.32 Å². The van der Waals surface area contributed by atoms with Gasteiger partial charge in [0.15, 0.2) is 0 Å². The Bertz CT molecular complexity index is 1190. The molecule has 1 unspecified atom stereocenters. The molecule has 1 amide bonds. The van der Waals surface area contributed by atoms with Gasteiger partial charge in [-0.05, 0) is 39.0 Å². The van der Waals surface area contributed by atoms with Crippen molar-refractivity contribution in [2.24, 2.45) is 4.99 Å². The molecule has 1 N–H and O–H groups in total. The second-order valence-corrected chi connectivity index (χ2v) is 8.90. The quantitative estimate of drug-likeness (QED) is 0.497. The van der Waals surface area contributed by atoms with Crippen LogP contribution >= 0.6 is 0 Å². The lowest BCUT2D eigenvalue weighted by molar-refractivity contribution is -0.216. The number of carbonyl (C=O) groups excluding carboxylic acids is 1. The lowest BCUT2D eigenvalue weighted by Crippen LogP contribution is -2.62. The molecule has 1 aliphatic heterocycles. The molecule has 3 aromatic carbocycles. The first kappa shape index (κ1) is 23.7. The van der Waals surface area contributed by atoms with Gasteiger partial charge in [-0.1, -0.05) is 60.7 Å². The van der Waals surface area contributed by atoms with Gasteiger partial charge in [-0.25, -0.2) is 18.2 Å². The minimum Gasteiger partial charge on any atom is -0.359 e. The van der Waals surface area contributed by atoms with Crippen molar-refractivity contribution >= 4 is 17.3 Å². The Kier molecular flexibility index (Phi) is 6.08. The summed E-state index contributed by atoms with van der Waals surface area (Å²) in [6.07, 6.45) is 0. The number of benzene rings is 3. The molecule has 1 fully saturated rings. The van der Waals surface area contributed by atoms with Crippen molar-refractivity contribution in [3.8, 4) is 0 Å². The van der Waals surface area contributed by atoms with Crippen LogP contribution in [0.25, 0.3) is 0 Å². The van der Waals surface area contributed by atoms with Gasteiger partial charge in [-0.2, -0.15) is 0 Å². The van der Waals surface area contributed by atoms with Crippen molar-refractivity contribution in [3.63, 3.8) is 0 Å². The first-order valence-corrected chi connectivity index (χ1v) is 10.9. The summed E-state index contributed by atoms with van der Waals surface area (Å²) in [5, 5.41) is 2.30. The molecule has 3 aromatic rings. The lowest BCUT2D eigenvalue weighted by Gasteiger charge is -2.43. The van der Waals surface area contributed by atoms with Gasteiger partial charge in [0.2, 0.25) is 5.91 Å². The number of nitrogens with one attached hydrogen (secondary N) is 1. The zero-order valence-corrected chi connectivity index (χ0v) is 19.1. The molecule has 34 heavy (non-hydrogen) atoms. The zero-order valence-electron chi connectivity index (χ0n) is 19.1. The van der Waals surface area contributed by atoms with E-state index in [1.54, 1.807) is 0 Å². The minimum atomic E-state index is -3.64. The topological polar surface area (TPSA) is 50.7 Å². The van der Waals surface area contributed by atoms with E-state index in [1.165, 1.54) is 26.0 Å². The molecule has 7 heteroatoms. The number of rotatable bonds is 4. The van der Waals surface area contributed by atoms with Gasteiger partial charge in [0.1, 0.15) is 23.6 Å². The van der Waals surface area contributed by atoms with E-state index in [-0.39, 0.29) is 11.3 Å². The molecule has 1 aliphatic rings. The normalized spacial score (nSPS) is 21.3. The van der Waals surface area contributed by atoms with E-state index in [0.29, 0.717) is 5.71 Å². The van der Waals surface area contributed by atoms with Gasteiger partial charge in [-0.3, -0.25) is 4.79 Å². The van der Waals surface area contributed by atoms with Crippen LogP contribution in [-0.2, 0) is 15.1 Å². The standard InChI is InChI=1S/C27H25F3N2O2/c1-25(2)27(29,30)26(3,32-23(33)17-34-25)21-16-20(14-15-22(21)28)31-24(18-10-6-4-7-11-18)19-12-8-5-9-13-19/h4-16H,17H2,1-3H3,(H,32,33). The Hall–Kier alpha value is -3.45. The molecule has 0 radical (unpaired) electrons. The number of ether oxygens (including phenoxy) is 1. The average molecular weight is 467 g/mol. The number of halogens is 3. The Morgan fingerprint density at radius 3 is 2.03 bits per heavy atom. The number of nitrogens with zero attached hydrogens (tertiary/aromatic N) is 1. The van der Waals surface area contributed by atoms with Gasteiger partial charge in [0, 0.05) is 16.7 Å². The summed E-state index contributed by atoms with van der Waals surface area (Å²) in [6, 6.07) is 22.6. The predicted molar refractivity (Wildman–Crippen MR) is 125 cm³/mol. The van der Waals surface area contributed by atoms with Crippen molar-refractivity contribution in [2.75, 3.05) is 6.61 Å². The molecule has 0 bridgehead atoms. The molecular formula is C27H25F3N2O2. The minimum absolute atomic E-state index is 0.272. The maximum Gasteiger partial charge on any atom is 0.302 e. The summed E-state index contributed by atoms with van der Waals surface area (Å²) in [4.78, 5) is 17.0. The summed E-state index contributed by atoms with van der Waals surface area (Å²) in [7, 11) is 0. The predicted octanol–water partition coefficient (Wildman–Crippen LogP) is 5.77. The highest BCUT2D eigenvalue weighted by atomic mass is 19.3. The Morgan fingerprint density at radius 1 is 0.912 bits per heavy atom. The Balaban J connectivity index is 1.89. The average Bonchev–Trinajstić information content (AvgIpc) is 2.88. The largest absolute Gasteiger partial charge is 0.359 e. The maximum atomic E-state index is 15.7. The van der Waals surface area contributed by atoms with Crippen LogP contribution in [0.1, 0.15) is 37.5 Å². The molecule has 0 spiro atoms. The molecule has 176 valence electrons. The second kappa shape index (κ2) is 8.72. The van der Waals surface area contributed by atoms with E-state index in [2.05, 4.69) is 5.32 Å². The van der Waals surface area contributed by atoms with Crippen LogP contribution in [0.3, 0.4) is 0 Å². The number of hydrogen-bond donors (Lipinski definition) is 1. The summed E-state index contributed by atoms with van der Waals surface area (Å²) in [6.45, 7) is 2.94. The number of amides is 1. The number of alkyl halides is 2. The van der Waals surface area contributed by atoms with Crippen LogP contribution in [0.15, 0.2) is 83.9 Å². The molecule has 4 rings (SSSR count). The first-order valence-electron chi connectivity index (χ1n) is 10.9. The van der Waals surface area contributed by atoms with Crippen LogP contribution in [-0.4, -0.2) is 29.7 Å². The van der Waals surface area contributed by atoms with Crippen molar-refractivity contribution in [2.45, 2.75) is 37.8 Å². The summed E-state index contributed by atoms with van der Waals surface area (Å²) >= 11 is 0. The number of hydrogen-bond acceptors (Lipinski definition) is 3. The van der Waals surface area contributed by atoms with E-state index >= 15 is 13.2 Å². The summed E-state index contributed by atoms with van der Waals surface area (Å²) in [5.74, 6) is -5.27. The first-order chi connectivity index (χ1) is 16.0. The van der Waals surface area contributed by atoms with E-state index in [1.807, 2.05) is 60.7 Å². The molecule has 0 aromatic heterocycles. The Labute approximate surface area is 196 Å². The van der Waals surface area contributed by atoms with Crippen LogP contribution in [0.4, 0.5) is 18.9 Å². The van der Waals surface area contributed by atoms with Crippen molar-refractivity contribution in [3.05, 3.63) is 101 Å². The number of carbonyl (C=O) groups is 1. The highest BCUT2D eigenvalue weighted by Gasteiger charge is 2.64. The molecule has 1 heterocycles. The van der Waals surface area contributed by atoms with Crippen LogP contribution in [0.2, 0.25) is 0 Å². The van der Waals surface area contributed by atoms with E-state index in [9.17, 15) is 4.79 Å². The Morgan fingerprint density at radius 2 is 1.47 bits per heavy atom. The molecule has 1 saturated heterocycles. The molecule has 1 atom stereocenters. The molecule has 0 saturated carbocycles. The number of aliphatic imine (C=N–C) groups is 1. The van der Waals surface area contributed by atoms with E-state index in [0.717, 1.165) is 24.1 Å². The third-order valence-corrected chi connectivity index (χ3v) is 6.16. The fraction of sp³-hybridized carbons (Fsp3) is 0.259. The second-order valence-electron chi connectivity index (χ2n) is 8.90. The van der Waals surface area contributed by atoms with Crippen LogP contribution < -0.4 is 5.32 Å². The fourth-order valence-electron chi connectivity index (χ4n) is 4.15. The van der Waals surface area contributed by atoms with Crippen molar-refractivity contribution in [1.29, 1.82) is 0 Å². The summed E-state index contributed by atoms with van der Waals surface area (Å²) < 4.78 is 51.7. The highest BCUT2D eigenvalue weighted by molar-refractivity contribution is 6.13. The molecular weight excluding hydrogens is 441 g/mol. The summed E-state index contributed by atoms with van der Waals surface area (Å²) in [5.41, 5.74) is -2.25. The van der Waals surface area contributed by atoms with Gasteiger partial charge >= 0.3 is 5.92 Å². The fourth-order valence-corrected chi connectivity index (χ4v) is 4.15. The van der Waals surface area contributed by atoms with E-state index in [4.69, 9.17) is 9.73 Å². The van der Waals surface area contributed by atoms with E-state index < -0.39 is 35.4 Å². The van der Waals surface area contributed by atoms with Crippen LogP contribution in [0, 0.1) is 5.82 Å². The lowest BCUT2D eigenvalue weighted by atomic mass is 9.77.